The zero-order valence-electron chi connectivity index (χ0n) is 11.3. The topological polar surface area (TPSA) is 67.2 Å². The first-order valence-corrected chi connectivity index (χ1v) is 6.41. The smallest absolute Gasteiger partial charge is 0.240 e. The van der Waals surface area contributed by atoms with E-state index in [4.69, 9.17) is 0 Å². The summed E-state index contributed by atoms with van der Waals surface area (Å²) in [6.45, 7) is 4.06. The van der Waals surface area contributed by atoms with Gasteiger partial charge in [0.25, 0.3) is 0 Å². The number of carbonyl (C=O) groups excluding carboxylic acids is 1. The molecule has 0 saturated heterocycles. The van der Waals surface area contributed by atoms with Gasteiger partial charge >= 0.3 is 0 Å². The minimum atomic E-state index is -0.854. The van der Waals surface area contributed by atoms with Gasteiger partial charge in [0.2, 0.25) is 5.91 Å². The lowest BCUT2D eigenvalue weighted by molar-refractivity contribution is -0.122. The van der Waals surface area contributed by atoms with Crippen LogP contribution in [0.1, 0.15) is 20.3 Å². The van der Waals surface area contributed by atoms with Crippen molar-refractivity contribution in [2.24, 2.45) is 0 Å². The van der Waals surface area contributed by atoms with Gasteiger partial charge in [0.15, 0.2) is 0 Å². The van der Waals surface area contributed by atoms with Crippen LogP contribution in [0.15, 0.2) is 30.6 Å². The van der Waals surface area contributed by atoms with Gasteiger partial charge in [-0.3, -0.25) is 4.79 Å². The first-order valence-electron chi connectivity index (χ1n) is 6.41. The largest absolute Gasteiger partial charge is 0.388 e. The molecular formula is C14H19N3O2. The van der Waals surface area contributed by atoms with Crippen molar-refractivity contribution in [3.05, 3.63) is 30.6 Å². The second-order valence-corrected chi connectivity index (χ2v) is 4.99. The van der Waals surface area contributed by atoms with Gasteiger partial charge in [-0.15, -0.1) is 0 Å². The van der Waals surface area contributed by atoms with Gasteiger partial charge in [-0.1, -0.05) is 19.1 Å². The molecule has 0 fully saturated rings. The van der Waals surface area contributed by atoms with Crippen LogP contribution in [0, 0.1) is 0 Å². The molecule has 102 valence electrons. The Labute approximate surface area is 112 Å². The number of nitrogens with zero attached hydrogens (tertiary/aromatic N) is 2. The lowest BCUT2D eigenvalue weighted by atomic mass is 10.0. The molecule has 0 aliphatic heterocycles. The fourth-order valence-electron chi connectivity index (χ4n) is 1.76. The molecule has 1 aromatic heterocycles. The van der Waals surface area contributed by atoms with Crippen molar-refractivity contribution < 1.29 is 9.90 Å². The van der Waals surface area contributed by atoms with Crippen LogP contribution in [0.3, 0.4) is 0 Å². The second kappa shape index (κ2) is 5.40. The lowest BCUT2D eigenvalue weighted by Crippen LogP contribution is -2.41. The second-order valence-electron chi connectivity index (χ2n) is 4.99. The summed E-state index contributed by atoms with van der Waals surface area (Å²) in [6, 6.07) is 7.67. The summed E-state index contributed by atoms with van der Waals surface area (Å²) in [7, 11) is 0. The molecule has 2 rings (SSSR count). The van der Waals surface area contributed by atoms with E-state index in [0.29, 0.717) is 6.42 Å². The summed E-state index contributed by atoms with van der Waals surface area (Å²) < 4.78 is 1.80. The summed E-state index contributed by atoms with van der Waals surface area (Å²) >= 11 is 0. The van der Waals surface area contributed by atoms with Crippen molar-refractivity contribution in [2.75, 3.05) is 6.54 Å². The van der Waals surface area contributed by atoms with E-state index in [0.717, 1.165) is 11.0 Å². The number of fused-ring (bicyclic) bond motifs is 1. The zero-order chi connectivity index (χ0) is 13.9. The molecule has 2 N–H and O–H groups in total. The summed E-state index contributed by atoms with van der Waals surface area (Å²) in [4.78, 5) is 16.1. The van der Waals surface area contributed by atoms with Crippen LogP contribution >= 0.6 is 0 Å². The Bertz CT molecular complexity index is 575. The maximum Gasteiger partial charge on any atom is 0.240 e. The fourth-order valence-corrected chi connectivity index (χ4v) is 1.76. The van der Waals surface area contributed by atoms with Gasteiger partial charge in [0, 0.05) is 6.54 Å². The molecular weight excluding hydrogens is 242 g/mol. The highest BCUT2D eigenvalue weighted by Crippen LogP contribution is 2.11. The first kappa shape index (κ1) is 13.5. The Balaban J connectivity index is 1.99. The van der Waals surface area contributed by atoms with Crippen LogP contribution in [-0.2, 0) is 11.3 Å². The molecule has 5 heteroatoms. The van der Waals surface area contributed by atoms with Crippen molar-refractivity contribution in [1.82, 2.24) is 14.9 Å². The molecule has 0 spiro atoms. The number of aliphatic hydroxyl groups is 1. The number of carbonyl (C=O) groups is 1. The van der Waals surface area contributed by atoms with Crippen molar-refractivity contribution in [1.29, 1.82) is 0 Å². The molecule has 0 saturated carbocycles. The summed E-state index contributed by atoms with van der Waals surface area (Å²) in [6.07, 6.45) is 2.25. The van der Waals surface area contributed by atoms with E-state index in [1.54, 1.807) is 17.8 Å². The van der Waals surface area contributed by atoms with E-state index in [1.165, 1.54) is 0 Å². The molecule has 5 nitrogen and oxygen atoms in total. The number of rotatable bonds is 5. The van der Waals surface area contributed by atoms with Crippen LogP contribution in [0.2, 0.25) is 0 Å². The number of hydrogen-bond donors (Lipinski definition) is 2. The van der Waals surface area contributed by atoms with Gasteiger partial charge in [0.05, 0.1) is 23.0 Å². The van der Waals surface area contributed by atoms with Crippen molar-refractivity contribution in [3.8, 4) is 0 Å². The van der Waals surface area contributed by atoms with Crippen LogP contribution in [-0.4, -0.2) is 32.7 Å². The predicted molar refractivity (Wildman–Crippen MR) is 73.7 cm³/mol. The van der Waals surface area contributed by atoms with E-state index >= 15 is 0 Å². The fraction of sp³-hybridized carbons (Fsp3) is 0.429. The van der Waals surface area contributed by atoms with Gasteiger partial charge in [-0.05, 0) is 25.5 Å². The van der Waals surface area contributed by atoms with E-state index < -0.39 is 5.60 Å². The minimum Gasteiger partial charge on any atom is -0.388 e. The van der Waals surface area contributed by atoms with Crippen LogP contribution < -0.4 is 5.32 Å². The first-order chi connectivity index (χ1) is 9.02. The van der Waals surface area contributed by atoms with Crippen LogP contribution in [0.25, 0.3) is 11.0 Å². The average molecular weight is 261 g/mol. The van der Waals surface area contributed by atoms with Crippen molar-refractivity contribution >= 4 is 16.9 Å². The molecule has 0 aliphatic rings. The number of para-hydroxylation sites is 2. The predicted octanol–water partition coefficient (Wildman–Crippen LogP) is 1.31. The number of benzene rings is 1. The van der Waals surface area contributed by atoms with E-state index in [2.05, 4.69) is 10.3 Å². The minimum absolute atomic E-state index is 0.128. The average Bonchev–Trinajstić information content (AvgIpc) is 2.80. The molecule has 1 amide bonds. The van der Waals surface area contributed by atoms with Crippen LogP contribution in [0.4, 0.5) is 0 Å². The Morgan fingerprint density at radius 1 is 1.47 bits per heavy atom. The maximum atomic E-state index is 11.8. The maximum absolute atomic E-state index is 11.8. The summed E-state index contributed by atoms with van der Waals surface area (Å²) in [5.41, 5.74) is 0.947. The number of hydrogen-bond acceptors (Lipinski definition) is 3. The Morgan fingerprint density at radius 3 is 2.95 bits per heavy atom. The van der Waals surface area contributed by atoms with Gasteiger partial charge in [-0.25, -0.2) is 4.98 Å². The molecule has 2 aromatic rings. The standard InChI is InChI=1S/C14H19N3O2/c1-3-14(2,19)9-15-13(18)8-17-10-16-11-6-4-5-7-12(11)17/h4-7,10,19H,3,8-9H2,1-2H3,(H,15,18). The summed E-state index contributed by atoms with van der Waals surface area (Å²) in [5.74, 6) is -0.128. The van der Waals surface area contributed by atoms with Gasteiger partial charge in [-0.2, -0.15) is 0 Å². The number of imidazole rings is 1. The van der Waals surface area contributed by atoms with Crippen molar-refractivity contribution in [2.45, 2.75) is 32.4 Å². The Hall–Kier alpha value is -1.88. The summed E-state index contributed by atoms with van der Waals surface area (Å²) in [5, 5.41) is 12.6. The number of amides is 1. The lowest BCUT2D eigenvalue weighted by Gasteiger charge is -2.21. The van der Waals surface area contributed by atoms with E-state index in [9.17, 15) is 9.90 Å². The van der Waals surface area contributed by atoms with Gasteiger partial charge < -0.3 is 15.0 Å². The normalized spacial score (nSPS) is 14.3. The van der Waals surface area contributed by atoms with Crippen molar-refractivity contribution in [3.63, 3.8) is 0 Å². The molecule has 0 aliphatic carbocycles. The third-order valence-electron chi connectivity index (χ3n) is 3.27. The SMILES string of the molecule is CCC(C)(O)CNC(=O)Cn1cnc2ccccc21. The molecule has 1 atom stereocenters. The Morgan fingerprint density at radius 2 is 2.21 bits per heavy atom. The zero-order valence-corrected chi connectivity index (χ0v) is 11.3. The molecule has 19 heavy (non-hydrogen) atoms. The van der Waals surface area contributed by atoms with E-state index in [-0.39, 0.29) is 19.0 Å². The third kappa shape index (κ3) is 3.32. The molecule has 1 unspecified atom stereocenters. The highest BCUT2D eigenvalue weighted by Gasteiger charge is 2.18. The molecule has 0 bridgehead atoms. The number of nitrogens with one attached hydrogen (secondary N) is 1. The molecule has 1 heterocycles. The number of aromatic nitrogens is 2. The molecule has 1 aromatic carbocycles. The highest BCUT2D eigenvalue weighted by molar-refractivity contribution is 5.80. The monoisotopic (exact) mass is 261 g/mol. The Kier molecular flexibility index (Phi) is 3.85. The third-order valence-corrected chi connectivity index (χ3v) is 3.27. The quantitative estimate of drug-likeness (QED) is 0.853. The molecule has 0 radical (unpaired) electrons. The van der Waals surface area contributed by atoms with Gasteiger partial charge in [0.1, 0.15) is 6.54 Å². The highest BCUT2D eigenvalue weighted by atomic mass is 16.3. The van der Waals surface area contributed by atoms with Crippen LogP contribution in [0.5, 0.6) is 0 Å². The van der Waals surface area contributed by atoms with E-state index in [1.807, 2.05) is 31.2 Å².